The molecule has 0 unspecified atom stereocenters. The number of aliphatic carboxylic acids is 1. The Morgan fingerprint density at radius 1 is 1.00 bits per heavy atom. The van der Waals surface area contributed by atoms with E-state index in [0.29, 0.717) is 11.1 Å². The van der Waals surface area contributed by atoms with Crippen molar-refractivity contribution in [2.24, 2.45) is 5.73 Å². The van der Waals surface area contributed by atoms with Crippen molar-refractivity contribution < 1.29 is 19.5 Å². The SMILES string of the molecule is N=C(N)c1ccc(C(=O)NCCC(=O)NCCC(=O)O)cc1. The van der Waals surface area contributed by atoms with Crippen LogP contribution < -0.4 is 16.4 Å². The van der Waals surface area contributed by atoms with Gasteiger partial charge in [0.05, 0.1) is 6.42 Å². The van der Waals surface area contributed by atoms with Gasteiger partial charge in [-0.2, -0.15) is 0 Å². The topological polar surface area (TPSA) is 145 Å². The number of carbonyl (C=O) groups excluding carboxylic acids is 2. The van der Waals surface area contributed by atoms with E-state index in [9.17, 15) is 14.4 Å². The van der Waals surface area contributed by atoms with Gasteiger partial charge in [0, 0.05) is 30.6 Å². The highest BCUT2D eigenvalue weighted by Crippen LogP contribution is 2.03. The van der Waals surface area contributed by atoms with Crippen LogP contribution >= 0.6 is 0 Å². The van der Waals surface area contributed by atoms with E-state index >= 15 is 0 Å². The average Bonchev–Trinajstić information content (AvgIpc) is 2.46. The van der Waals surface area contributed by atoms with Crippen molar-refractivity contribution in [3.05, 3.63) is 35.4 Å². The molecule has 0 bridgehead atoms. The van der Waals surface area contributed by atoms with E-state index in [1.165, 1.54) is 0 Å². The molecule has 0 atom stereocenters. The standard InChI is InChI=1S/C14H18N4O4/c15-13(16)9-1-3-10(4-2-9)14(22)18-7-5-11(19)17-8-6-12(20)21/h1-4H,5-8H2,(H3,15,16)(H,17,19)(H,18,22)(H,20,21). The lowest BCUT2D eigenvalue weighted by atomic mass is 10.1. The van der Waals surface area contributed by atoms with Crippen LogP contribution in [0, 0.1) is 5.41 Å². The van der Waals surface area contributed by atoms with E-state index in [4.69, 9.17) is 16.2 Å². The molecule has 22 heavy (non-hydrogen) atoms. The van der Waals surface area contributed by atoms with E-state index in [-0.39, 0.29) is 43.6 Å². The van der Waals surface area contributed by atoms with E-state index in [2.05, 4.69) is 10.6 Å². The monoisotopic (exact) mass is 306 g/mol. The highest BCUT2D eigenvalue weighted by atomic mass is 16.4. The van der Waals surface area contributed by atoms with Gasteiger partial charge in [0.2, 0.25) is 5.91 Å². The zero-order valence-electron chi connectivity index (χ0n) is 11.9. The van der Waals surface area contributed by atoms with Crippen LogP contribution in [0.15, 0.2) is 24.3 Å². The summed E-state index contributed by atoms with van der Waals surface area (Å²) in [5.74, 6) is -1.73. The van der Waals surface area contributed by atoms with Gasteiger partial charge >= 0.3 is 5.97 Å². The molecule has 8 nitrogen and oxygen atoms in total. The number of rotatable bonds is 8. The Kier molecular flexibility index (Phi) is 6.55. The van der Waals surface area contributed by atoms with Gasteiger partial charge in [0.15, 0.2) is 0 Å². The molecule has 0 aromatic heterocycles. The Labute approximate surface area is 127 Å². The number of amides is 2. The molecule has 0 aliphatic heterocycles. The maximum absolute atomic E-state index is 11.8. The minimum Gasteiger partial charge on any atom is -0.481 e. The number of carbonyl (C=O) groups is 3. The first kappa shape index (κ1) is 17.2. The summed E-state index contributed by atoms with van der Waals surface area (Å²) in [6, 6.07) is 6.21. The van der Waals surface area contributed by atoms with Crippen LogP contribution in [-0.2, 0) is 9.59 Å². The number of hydrogen-bond donors (Lipinski definition) is 5. The molecule has 8 heteroatoms. The molecule has 0 fully saturated rings. The molecule has 0 aliphatic carbocycles. The molecule has 118 valence electrons. The van der Waals surface area contributed by atoms with Crippen molar-refractivity contribution in [1.29, 1.82) is 5.41 Å². The van der Waals surface area contributed by atoms with Crippen molar-refractivity contribution in [1.82, 2.24) is 10.6 Å². The lowest BCUT2D eigenvalue weighted by molar-refractivity contribution is -0.136. The maximum atomic E-state index is 11.8. The van der Waals surface area contributed by atoms with Gasteiger partial charge in [-0.15, -0.1) is 0 Å². The van der Waals surface area contributed by atoms with Gasteiger partial charge in [-0.05, 0) is 12.1 Å². The Hall–Kier alpha value is -2.90. The normalized spacial score (nSPS) is 9.82. The van der Waals surface area contributed by atoms with Gasteiger partial charge in [0.25, 0.3) is 5.91 Å². The molecule has 2 amide bonds. The molecule has 0 heterocycles. The third-order valence-corrected chi connectivity index (χ3v) is 2.76. The Morgan fingerprint density at radius 3 is 2.09 bits per heavy atom. The average molecular weight is 306 g/mol. The van der Waals surface area contributed by atoms with Crippen molar-refractivity contribution >= 4 is 23.6 Å². The second-order valence-electron chi connectivity index (χ2n) is 4.49. The summed E-state index contributed by atoms with van der Waals surface area (Å²) in [5, 5.41) is 20.7. The Bertz CT molecular complexity index is 569. The zero-order chi connectivity index (χ0) is 16.5. The van der Waals surface area contributed by atoms with Crippen LogP contribution in [-0.4, -0.2) is 41.8 Å². The molecule has 0 saturated carbocycles. The third kappa shape index (κ3) is 6.04. The van der Waals surface area contributed by atoms with Gasteiger partial charge in [-0.1, -0.05) is 12.1 Å². The number of hydrogen-bond acceptors (Lipinski definition) is 4. The smallest absolute Gasteiger partial charge is 0.305 e. The molecule has 1 aromatic rings. The summed E-state index contributed by atoms with van der Waals surface area (Å²) in [5.41, 5.74) is 6.24. The maximum Gasteiger partial charge on any atom is 0.305 e. The second kappa shape index (κ2) is 8.40. The second-order valence-corrected chi connectivity index (χ2v) is 4.49. The fourth-order valence-corrected chi connectivity index (χ4v) is 1.59. The summed E-state index contributed by atoms with van der Waals surface area (Å²) in [6.07, 6.45) is -0.0719. The number of nitrogens with two attached hydrogens (primary N) is 1. The van der Waals surface area contributed by atoms with E-state index < -0.39 is 5.97 Å². The minimum atomic E-state index is -0.984. The van der Waals surface area contributed by atoms with E-state index in [1.54, 1.807) is 24.3 Å². The van der Waals surface area contributed by atoms with Crippen LogP contribution in [0.4, 0.5) is 0 Å². The first-order valence-electron chi connectivity index (χ1n) is 6.61. The molecular weight excluding hydrogens is 288 g/mol. The van der Waals surface area contributed by atoms with Gasteiger partial charge in [-0.25, -0.2) is 0 Å². The molecule has 0 saturated heterocycles. The molecule has 0 radical (unpaired) electrons. The van der Waals surface area contributed by atoms with Crippen LogP contribution in [0.5, 0.6) is 0 Å². The van der Waals surface area contributed by atoms with Crippen molar-refractivity contribution in [2.45, 2.75) is 12.8 Å². The molecule has 6 N–H and O–H groups in total. The van der Waals surface area contributed by atoms with Crippen molar-refractivity contribution in [3.8, 4) is 0 Å². The minimum absolute atomic E-state index is 0.0641. The number of benzene rings is 1. The molecular formula is C14H18N4O4. The highest BCUT2D eigenvalue weighted by Gasteiger charge is 2.07. The summed E-state index contributed by atoms with van der Waals surface area (Å²) in [6.45, 7) is 0.209. The molecule has 1 aromatic carbocycles. The number of nitrogens with one attached hydrogen (secondary N) is 3. The van der Waals surface area contributed by atoms with E-state index in [0.717, 1.165) is 0 Å². The summed E-state index contributed by atoms with van der Waals surface area (Å²) < 4.78 is 0. The van der Waals surface area contributed by atoms with Gasteiger partial charge in [0.1, 0.15) is 5.84 Å². The van der Waals surface area contributed by atoms with Crippen molar-refractivity contribution in [2.75, 3.05) is 13.1 Å². The van der Waals surface area contributed by atoms with Gasteiger partial charge in [-0.3, -0.25) is 19.8 Å². The molecule has 0 aliphatic rings. The van der Waals surface area contributed by atoms with Crippen LogP contribution in [0.2, 0.25) is 0 Å². The van der Waals surface area contributed by atoms with Gasteiger partial charge < -0.3 is 21.5 Å². The quantitative estimate of drug-likeness (QED) is 0.330. The first-order chi connectivity index (χ1) is 10.4. The van der Waals surface area contributed by atoms with Crippen LogP contribution in [0.1, 0.15) is 28.8 Å². The fourth-order valence-electron chi connectivity index (χ4n) is 1.59. The summed E-state index contributed by atoms with van der Waals surface area (Å²) >= 11 is 0. The first-order valence-corrected chi connectivity index (χ1v) is 6.61. The summed E-state index contributed by atoms with van der Waals surface area (Å²) in [4.78, 5) is 33.5. The Morgan fingerprint density at radius 2 is 1.55 bits per heavy atom. The van der Waals surface area contributed by atoms with E-state index in [1.807, 2.05) is 0 Å². The molecule has 1 rings (SSSR count). The lowest BCUT2D eigenvalue weighted by Gasteiger charge is -2.06. The third-order valence-electron chi connectivity index (χ3n) is 2.76. The largest absolute Gasteiger partial charge is 0.481 e. The number of amidine groups is 1. The number of carboxylic acids is 1. The number of carboxylic acid groups (broad SMARTS) is 1. The van der Waals surface area contributed by atoms with Crippen LogP contribution in [0.3, 0.4) is 0 Å². The lowest BCUT2D eigenvalue weighted by Crippen LogP contribution is -2.31. The summed E-state index contributed by atoms with van der Waals surface area (Å²) in [7, 11) is 0. The Balaban J connectivity index is 2.32. The predicted molar refractivity (Wildman–Crippen MR) is 79.7 cm³/mol. The van der Waals surface area contributed by atoms with Crippen LogP contribution in [0.25, 0.3) is 0 Å². The predicted octanol–water partition coefficient (Wildman–Crippen LogP) is -0.319. The fraction of sp³-hybridized carbons (Fsp3) is 0.286. The van der Waals surface area contributed by atoms with Crippen molar-refractivity contribution in [3.63, 3.8) is 0 Å². The highest BCUT2D eigenvalue weighted by molar-refractivity contribution is 5.98. The number of nitrogen functional groups attached to an aromatic ring is 1. The zero-order valence-corrected chi connectivity index (χ0v) is 11.9. The molecule has 0 spiro atoms.